The quantitative estimate of drug-likeness (QED) is 0.811. The first-order valence-corrected chi connectivity index (χ1v) is 6.10. The number of hydrogen-bond acceptors (Lipinski definition) is 2. The van der Waals surface area contributed by atoms with Crippen LogP contribution in [0.25, 0.3) is 16.6 Å². The maximum Gasteiger partial charge on any atom is 0.0929 e. The fraction of sp³-hybridized carbons (Fsp3) is 0.357. The van der Waals surface area contributed by atoms with E-state index in [-0.39, 0.29) is 0 Å². The SMILES string of the molecule is CC1CC=C(c2ccc3cn(C)nc3c2)NC1. The van der Waals surface area contributed by atoms with Crippen LogP contribution in [0.5, 0.6) is 0 Å². The van der Waals surface area contributed by atoms with Crippen molar-refractivity contribution in [3.05, 3.63) is 36.0 Å². The van der Waals surface area contributed by atoms with Crippen molar-refractivity contribution in [2.75, 3.05) is 6.54 Å². The van der Waals surface area contributed by atoms with Crippen molar-refractivity contribution in [2.45, 2.75) is 13.3 Å². The van der Waals surface area contributed by atoms with Crippen molar-refractivity contribution in [1.82, 2.24) is 15.1 Å². The van der Waals surface area contributed by atoms with Gasteiger partial charge in [0.15, 0.2) is 0 Å². The second-order valence-corrected chi connectivity index (χ2v) is 4.92. The average molecular weight is 227 g/mol. The first-order chi connectivity index (χ1) is 8.22. The van der Waals surface area contributed by atoms with E-state index in [9.17, 15) is 0 Å². The molecule has 0 saturated heterocycles. The van der Waals surface area contributed by atoms with Gasteiger partial charge in [0.05, 0.1) is 5.52 Å². The zero-order valence-corrected chi connectivity index (χ0v) is 10.3. The molecular formula is C14H17N3. The summed E-state index contributed by atoms with van der Waals surface area (Å²) in [5.74, 6) is 0.734. The van der Waals surface area contributed by atoms with Crippen LogP contribution in [-0.2, 0) is 7.05 Å². The lowest BCUT2D eigenvalue weighted by Crippen LogP contribution is -2.23. The largest absolute Gasteiger partial charge is 0.385 e. The number of aromatic nitrogens is 2. The molecule has 2 aromatic rings. The van der Waals surface area contributed by atoms with Gasteiger partial charge in [0, 0.05) is 30.9 Å². The van der Waals surface area contributed by atoms with Crippen LogP contribution >= 0.6 is 0 Å². The maximum atomic E-state index is 4.45. The molecule has 0 saturated carbocycles. The van der Waals surface area contributed by atoms with Crippen molar-refractivity contribution in [1.29, 1.82) is 0 Å². The third kappa shape index (κ3) is 1.93. The number of nitrogens with zero attached hydrogens (tertiary/aromatic N) is 2. The molecule has 1 atom stereocenters. The van der Waals surface area contributed by atoms with Crippen LogP contribution in [0.4, 0.5) is 0 Å². The highest BCUT2D eigenvalue weighted by Gasteiger charge is 2.11. The summed E-state index contributed by atoms with van der Waals surface area (Å²) in [4.78, 5) is 0. The van der Waals surface area contributed by atoms with Gasteiger partial charge in [-0.25, -0.2) is 0 Å². The highest BCUT2D eigenvalue weighted by atomic mass is 15.2. The Balaban J connectivity index is 2.00. The number of fused-ring (bicyclic) bond motifs is 1. The van der Waals surface area contributed by atoms with E-state index in [0.29, 0.717) is 0 Å². The van der Waals surface area contributed by atoms with E-state index < -0.39 is 0 Å². The Hall–Kier alpha value is -1.77. The van der Waals surface area contributed by atoms with Crippen LogP contribution in [0.15, 0.2) is 30.5 Å². The minimum Gasteiger partial charge on any atom is -0.385 e. The van der Waals surface area contributed by atoms with E-state index in [2.05, 4.69) is 41.6 Å². The molecule has 1 unspecified atom stereocenters. The summed E-state index contributed by atoms with van der Waals surface area (Å²) in [7, 11) is 1.96. The number of nitrogens with one attached hydrogen (secondary N) is 1. The summed E-state index contributed by atoms with van der Waals surface area (Å²) in [6.07, 6.45) is 5.49. The second kappa shape index (κ2) is 3.91. The zero-order chi connectivity index (χ0) is 11.8. The Kier molecular flexibility index (Phi) is 2.39. The van der Waals surface area contributed by atoms with Gasteiger partial charge < -0.3 is 5.32 Å². The van der Waals surface area contributed by atoms with E-state index >= 15 is 0 Å². The Morgan fingerprint density at radius 1 is 1.41 bits per heavy atom. The van der Waals surface area contributed by atoms with Gasteiger partial charge in [-0.1, -0.05) is 25.1 Å². The number of rotatable bonds is 1. The molecule has 0 amide bonds. The lowest BCUT2D eigenvalue weighted by Gasteiger charge is -2.20. The van der Waals surface area contributed by atoms with Crippen molar-refractivity contribution < 1.29 is 0 Å². The molecule has 17 heavy (non-hydrogen) atoms. The summed E-state index contributed by atoms with van der Waals surface area (Å²) in [5.41, 5.74) is 3.55. The molecule has 1 aromatic heterocycles. The van der Waals surface area contributed by atoms with Gasteiger partial charge in [-0.15, -0.1) is 0 Å². The monoisotopic (exact) mass is 227 g/mol. The molecule has 0 radical (unpaired) electrons. The van der Waals surface area contributed by atoms with E-state index in [0.717, 1.165) is 24.4 Å². The molecule has 0 bridgehead atoms. The molecule has 3 rings (SSSR count). The molecule has 0 aliphatic carbocycles. The predicted octanol–water partition coefficient (Wildman–Crippen LogP) is 2.54. The van der Waals surface area contributed by atoms with Crippen LogP contribution < -0.4 is 5.32 Å². The standard InChI is InChI=1S/C14H17N3/c1-10-3-6-13(15-8-10)11-4-5-12-9-17(2)16-14(12)7-11/h4-7,9-10,15H,3,8H2,1-2H3. The second-order valence-electron chi connectivity index (χ2n) is 4.92. The van der Waals surface area contributed by atoms with Gasteiger partial charge in [-0.2, -0.15) is 5.10 Å². The van der Waals surface area contributed by atoms with E-state index in [1.807, 2.05) is 17.9 Å². The molecule has 0 spiro atoms. The Labute approximate surface area is 101 Å². The smallest absolute Gasteiger partial charge is 0.0929 e. The minimum atomic E-state index is 0.734. The maximum absolute atomic E-state index is 4.45. The summed E-state index contributed by atoms with van der Waals surface area (Å²) >= 11 is 0. The van der Waals surface area contributed by atoms with Gasteiger partial charge >= 0.3 is 0 Å². The van der Waals surface area contributed by atoms with E-state index in [1.54, 1.807) is 0 Å². The van der Waals surface area contributed by atoms with Crippen molar-refractivity contribution >= 4 is 16.6 Å². The van der Waals surface area contributed by atoms with Gasteiger partial charge in [-0.3, -0.25) is 4.68 Å². The molecule has 2 heterocycles. The van der Waals surface area contributed by atoms with E-state index in [1.165, 1.54) is 16.6 Å². The Bertz CT molecular complexity index is 580. The predicted molar refractivity (Wildman–Crippen MR) is 70.5 cm³/mol. The first-order valence-electron chi connectivity index (χ1n) is 6.10. The van der Waals surface area contributed by atoms with Gasteiger partial charge in [0.2, 0.25) is 0 Å². The van der Waals surface area contributed by atoms with Crippen molar-refractivity contribution in [3.8, 4) is 0 Å². The highest BCUT2D eigenvalue weighted by Crippen LogP contribution is 2.22. The summed E-state index contributed by atoms with van der Waals surface area (Å²) < 4.78 is 1.86. The normalized spacial score (nSPS) is 20.1. The lowest BCUT2D eigenvalue weighted by molar-refractivity contribution is 0.550. The average Bonchev–Trinajstić information content (AvgIpc) is 2.69. The molecule has 88 valence electrons. The third-order valence-corrected chi connectivity index (χ3v) is 3.30. The van der Waals surface area contributed by atoms with Crippen LogP contribution in [0.1, 0.15) is 18.9 Å². The fourth-order valence-corrected chi connectivity index (χ4v) is 2.29. The molecule has 0 fully saturated rings. The molecule has 1 aliphatic rings. The molecule has 1 aliphatic heterocycles. The van der Waals surface area contributed by atoms with Crippen LogP contribution in [0, 0.1) is 5.92 Å². The first kappa shape index (κ1) is 10.4. The number of benzene rings is 1. The number of aryl methyl sites for hydroxylation is 1. The molecule has 3 nitrogen and oxygen atoms in total. The Morgan fingerprint density at radius 3 is 3.06 bits per heavy atom. The lowest BCUT2D eigenvalue weighted by atomic mass is 10.00. The van der Waals surface area contributed by atoms with Crippen LogP contribution in [-0.4, -0.2) is 16.3 Å². The fourth-order valence-electron chi connectivity index (χ4n) is 2.29. The molecule has 1 N–H and O–H groups in total. The third-order valence-electron chi connectivity index (χ3n) is 3.30. The molecule has 3 heteroatoms. The van der Waals surface area contributed by atoms with Crippen LogP contribution in [0.3, 0.4) is 0 Å². The van der Waals surface area contributed by atoms with E-state index in [4.69, 9.17) is 0 Å². The highest BCUT2D eigenvalue weighted by molar-refractivity contribution is 5.82. The summed E-state index contributed by atoms with van der Waals surface area (Å²) in [5, 5.41) is 9.12. The number of hydrogen-bond donors (Lipinski definition) is 1. The molecular weight excluding hydrogens is 210 g/mol. The van der Waals surface area contributed by atoms with Crippen molar-refractivity contribution in [2.24, 2.45) is 13.0 Å². The summed E-state index contributed by atoms with van der Waals surface area (Å²) in [6, 6.07) is 6.46. The van der Waals surface area contributed by atoms with Crippen molar-refractivity contribution in [3.63, 3.8) is 0 Å². The topological polar surface area (TPSA) is 29.9 Å². The summed E-state index contributed by atoms with van der Waals surface area (Å²) in [6.45, 7) is 3.33. The zero-order valence-electron chi connectivity index (χ0n) is 10.3. The van der Waals surface area contributed by atoms with Gasteiger partial charge in [0.25, 0.3) is 0 Å². The minimum absolute atomic E-state index is 0.734. The number of allylic oxidation sites excluding steroid dienone is 1. The molecule has 1 aromatic carbocycles. The Morgan fingerprint density at radius 2 is 2.29 bits per heavy atom. The van der Waals surface area contributed by atoms with Gasteiger partial charge in [0.1, 0.15) is 0 Å². The van der Waals surface area contributed by atoms with Crippen LogP contribution in [0.2, 0.25) is 0 Å². The van der Waals surface area contributed by atoms with Gasteiger partial charge in [-0.05, 0) is 24.0 Å².